The third-order valence-corrected chi connectivity index (χ3v) is 4.98. The molecule has 1 amide bonds. The third kappa shape index (κ3) is 5.89. The minimum Gasteiger partial charge on any atom is -0.364 e. The first-order valence-electron chi connectivity index (χ1n) is 10.3. The molecule has 1 atom stereocenters. The summed E-state index contributed by atoms with van der Waals surface area (Å²) in [7, 11) is 0. The van der Waals surface area contributed by atoms with Crippen LogP contribution in [0.25, 0.3) is 16.7 Å². The summed E-state index contributed by atoms with van der Waals surface area (Å²) in [6, 6.07) is 2.38. The van der Waals surface area contributed by atoms with Gasteiger partial charge in [0.2, 0.25) is 5.43 Å². The van der Waals surface area contributed by atoms with E-state index < -0.39 is 60.1 Å². The molecule has 0 radical (unpaired) electrons. The fourth-order valence-corrected chi connectivity index (χ4v) is 3.35. The molecule has 0 aliphatic rings. The largest absolute Gasteiger partial charge is 0.408 e. The van der Waals surface area contributed by atoms with E-state index >= 15 is 0 Å². The Bertz CT molecular complexity index is 1290. The van der Waals surface area contributed by atoms with Crippen molar-refractivity contribution in [2.24, 2.45) is 0 Å². The lowest BCUT2D eigenvalue weighted by molar-refractivity contribution is -0.154. The third-order valence-electron chi connectivity index (χ3n) is 4.98. The quantitative estimate of drug-likeness (QED) is 0.432. The number of carbonyl (C=O) groups is 1. The zero-order valence-corrected chi connectivity index (χ0v) is 18.1. The first-order valence-corrected chi connectivity index (χ1v) is 10.3. The lowest BCUT2D eigenvalue weighted by Crippen LogP contribution is -2.46. The number of halogens is 7. The lowest BCUT2D eigenvalue weighted by atomic mass is 10.1. The zero-order valence-electron chi connectivity index (χ0n) is 18.1. The van der Waals surface area contributed by atoms with Crippen LogP contribution in [0.4, 0.5) is 36.6 Å². The number of nitrogens with one attached hydrogen (secondary N) is 2. The number of fused-ring (bicyclic) bond motifs is 1. The molecule has 0 spiro atoms. The highest BCUT2D eigenvalue weighted by Gasteiger charge is 2.40. The summed E-state index contributed by atoms with van der Waals surface area (Å²) in [6.07, 6.45) is -7.09. The summed E-state index contributed by atoms with van der Waals surface area (Å²) in [4.78, 5) is 29.7. The molecule has 2 heterocycles. The van der Waals surface area contributed by atoms with Crippen LogP contribution in [-0.2, 0) is 0 Å². The smallest absolute Gasteiger partial charge is 0.364 e. The van der Waals surface area contributed by atoms with E-state index in [1.165, 1.54) is 6.92 Å². The van der Waals surface area contributed by atoms with Crippen LogP contribution < -0.4 is 16.1 Å². The van der Waals surface area contributed by atoms with Crippen LogP contribution in [0.15, 0.2) is 41.3 Å². The molecule has 0 saturated heterocycles. The van der Waals surface area contributed by atoms with Crippen LogP contribution in [0.5, 0.6) is 0 Å². The number of benzene rings is 1. The Hall–Kier alpha value is -3.64. The molecule has 3 aromatic rings. The molecule has 0 bridgehead atoms. The molecule has 2 aromatic heterocycles. The Kier molecular flexibility index (Phi) is 7.66. The van der Waals surface area contributed by atoms with Gasteiger partial charge in [-0.3, -0.25) is 14.2 Å². The Labute approximate surface area is 193 Å². The molecular weight excluding hydrogens is 485 g/mol. The fraction of sp³-hybridized carbons (Fsp3) is 0.318. The molecule has 188 valence electrons. The monoisotopic (exact) mass is 504 g/mol. The molecule has 0 aliphatic carbocycles. The number of anilines is 1. The van der Waals surface area contributed by atoms with E-state index in [0.29, 0.717) is 6.07 Å². The van der Waals surface area contributed by atoms with Crippen molar-refractivity contribution in [2.75, 3.05) is 11.9 Å². The summed E-state index contributed by atoms with van der Waals surface area (Å²) < 4.78 is 93.9. The molecule has 1 aromatic carbocycles. The average molecular weight is 504 g/mol. The van der Waals surface area contributed by atoms with Crippen molar-refractivity contribution in [1.82, 2.24) is 14.9 Å². The number of rotatable bonds is 8. The molecule has 3 rings (SSSR count). The van der Waals surface area contributed by atoms with Gasteiger partial charge in [-0.2, -0.15) is 13.2 Å². The normalized spacial score (nSPS) is 12.7. The van der Waals surface area contributed by atoms with Crippen LogP contribution in [0.3, 0.4) is 0 Å². The van der Waals surface area contributed by atoms with Crippen LogP contribution in [0.1, 0.15) is 30.1 Å². The number of alkyl halides is 5. The maximum atomic E-state index is 14.6. The number of hydrogen-bond acceptors (Lipinski definition) is 4. The second-order valence-corrected chi connectivity index (χ2v) is 7.53. The predicted octanol–water partition coefficient (Wildman–Crippen LogP) is 4.80. The predicted molar refractivity (Wildman–Crippen MR) is 114 cm³/mol. The first kappa shape index (κ1) is 26.0. The summed E-state index contributed by atoms with van der Waals surface area (Å²) >= 11 is 0. The number of pyridine rings is 2. The summed E-state index contributed by atoms with van der Waals surface area (Å²) in [5, 5.41) is 3.79. The van der Waals surface area contributed by atoms with Crippen LogP contribution in [0.2, 0.25) is 0 Å². The minimum absolute atomic E-state index is 0.0888. The number of amides is 1. The van der Waals surface area contributed by atoms with Crippen LogP contribution >= 0.6 is 0 Å². The summed E-state index contributed by atoms with van der Waals surface area (Å²) in [5.74, 6) is -3.54. The van der Waals surface area contributed by atoms with E-state index in [1.807, 2.05) is 0 Å². The molecule has 0 aliphatic heterocycles. The molecule has 1 unspecified atom stereocenters. The van der Waals surface area contributed by atoms with Crippen LogP contribution in [-0.4, -0.2) is 40.6 Å². The van der Waals surface area contributed by atoms with Gasteiger partial charge in [-0.15, -0.1) is 0 Å². The van der Waals surface area contributed by atoms with Crippen molar-refractivity contribution in [3.8, 4) is 5.69 Å². The van der Waals surface area contributed by atoms with Gasteiger partial charge in [-0.1, -0.05) is 13.3 Å². The van der Waals surface area contributed by atoms with Gasteiger partial charge in [0.15, 0.2) is 5.65 Å². The Morgan fingerprint density at radius 1 is 1.14 bits per heavy atom. The zero-order chi connectivity index (χ0) is 25.9. The molecule has 2 N–H and O–H groups in total. The van der Waals surface area contributed by atoms with Gasteiger partial charge in [0.1, 0.15) is 29.1 Å². The van der Waals surface area contributed by atoms with Crippen molar-refractivity contribution in [1.29, 1.82) is 0 Å². The van der Waals surface area contributed by atoms with E-state index in [-0.39, 0.29) is 29.0 Å². The highest BCUT2D eigenvalue weighted by molar-refractivity contribution is 5.97. The second-order valence-electron chi connectivity index (χ2n) is 7.53. The Morgan fingerprint density at radius 3 is 2.46 bits per heavy atom. The van der Waals surface area contributed by atoms with Gasteiger partial charge < -0.3 is 10.6 Å². The Morgan fingerprint density at radius 2 is 1.86 bits per heavy atom. The SMILES string of the molecule is CCCC(NC(=O)c1cn(-c2ccc(F)cc2F)c2nc(NCC(F)F)ccc2c1=O)C(F)(F)F. The van der Waals surface area contributed by atoms with Crippen molar-refractivity contribution in [3.05, 3.63) is 63.9 Å². The number of carbonyl (C=O) groups excluding carboxylic acids is 1. The highest BCUT2D eigenvalue weighted by Crippen LogP contribution is 2.25. The summed E-state index contributed by atoms with van der Waals surface area (Å²) in [6.45, 7) is 0.695. The number of nitrogens with zero attached hydrogens (tertiary/aromatic N) is 2. The fourth-order valence-electron chi connectivity index (χ4n) is 3.35. The molecule has 0 fully saturated rings. The van der Waals surface area contributed by atoms with Crippen molar-refractivity contribution in [2.45, 2.75) is 38.4 Å². The van der Waals surface area contributed by atoms with Gasteiger partial charge in [0, 0.05) is 12.3 Å². The lowest BCUT2D eigenvalue weighted by Gasteiger charge is -2.21. The van der Waals surface area contributed by atoms with Gasteiger partial charge in [-0.05, 0) is 30.7 Å². The van der Waals surface area contributed by atoms with Gasteiger partial charge >= 0.3 is 6.18 Å². The Balaban J connectivity index is 2.20. The highest BCUT2D eigenvalue weighted by atomic mass is 19.4. The summed E-state index contributed by atoms with van der Waals surface area (Å²) in [5.41, 5.74) is -2.44. The van der Waals surface area contributed by atoms with Gasteiger partial charge in [-0.25, -0.2) is 22.5 Å². The van der Waals surface area contributed by atoms with E-state index in [0.717, 1.165) is 35.0 Å². The maximum Gasteiger partial charge on any atom is 0.408 e. The molecular formula is C22H19F7N4O2. The minimum atomic E-state index is -4.78. The van der Waals surface area contributed by atoms with Crippen molar-refractivity contribution in [3.63, 3.8) is 0 Å². The second kappa shape index (κ2) is 10.3. The van der Waals surface area contributed by atoms with Crippen molar-refractivity contribution < 1.29 is 35.5 Å². The number of hydrogen-bond donors (Lipinski definition) is 2. The van der Waals surface area contributed by atoms with E-state index in [1.54, 1.807) is 5.32 Å². The molecule has 6 nitrogen and oxygen atoms in total. The molecule has 0 saturated carbocycles. The maximum absolute atomic E-state index is 14.6. The molecule has 35 heavy (non-hydrogen) atoms. The van der Waals surface area contributed by atoms with E-state index in [2.05, 4.69) is 10.3 Å². The van der Waals surface area contributed by atoms with Crippen LogP contribution in [0, 0.1) is 11.6 Å². The topological polar surface area (TPSA) is 76.0 Å². The van der Waals surface area contributed by atoms with Crippen molar-refractivity contribution >= 4 is 22.8 Å². The van der Waals surface area contributed by atoms with Gasteiger partial charge in [0.25, 0.3) is 12.3 Å². The van der Waals surface area contributed by atoms with E-state index in [4.69, 9.17) is 0 Å². The number of aromatic nitrogens is 2. The standard InChI is InChI=1S/C22H19F7N4O2/c1-2-3-16(22(27,28)29)31-21(35)13-10-33(15-6-4-11(23)8-14(15)24)20-12(19(13)34)5-7-18(32-20)30-9-17(25)26/h4-8,10,16-17H,2-3,9H2,1H3,(H,30,32)(H,31,35). The van der Waals surface area contributed by atoms with Gasteiger partial charge in [0.05, 0.1) is 17.6 Å². The average Bonchev–Trinajstić information content (AvgIpc) is 2.77. The van der Waals surface area contributed by atoms with E-state index in [9.17, 15) is 40.3 Å². The first-order chi connectivity index (χ1) is 16.4. The molecule has 13 heteroatoms.